The van der Waals surface area contributed by atoms with E-state index in [-0.39, 0.29) is 35.7 Å². The number of methoxy groups -OCH3 is 1. The van der Waals surface area contributed by atoms with E-state index >= 15 is 0 Å². The topological polar surface area (TPSA) is 50.8 Å². The minimum absolute atomic E-state index is 0.00875. The predicted octanol–water partition coefficient (Wildman–Crippen LogP) is 2.12. The summed E-state index contributed by atoms with van der Waals surface area (Å²) in [5, 5.41) is 3.34. The highest BCUT2D eigenvalue weighted by atomic mass is 19.1. The molecule has 1 saturated heterocycles. The Kier molecular flexibility index (Phi) is 5.96. The van der Waals surface area contributed by atoms with Crippen molar-refractivity contribution in [3.63, 3.8) is 0 Å². The fourth-order valence-corrected chi connectivity index (χ4v) is 2.70. The van der Waals surface area contributed by atoms with Gasteiger partial charge in [-0.25, -0.2) is 4.39 Å². The maximum atomic E-state index is 13.7. The molecule has 1 aromatic carbocycles. The summed E-state index contributed by atoms with van der Waals surface area (Å²) >= 11 is 0. The van der Waals surface area contributed by atoms with Crippen LogP contribution in [0.25, 0.3) is 0 Å². The van der Waals surface area contributed by atoms with Crippen molar-refractivity contribution in [1.82, 2.24) is 10.2 Å². The zero-order valence-electron chi connectivity index (χ0n) is 14.1. The number of nitrogens with one attached hydrogen (secondary N) is 1. The number of rotatable bonds is 6. The van der Waals surface area contributed by atoms with E-state index < -0.39 is 0 Å². The number of nitrogens with zero attached hydrogens (tertiary/aromatic N) is 1. The van der Waals surface area contributed by atoms with Gasteiger partial charge in [-0.2, -0.15) is 0 Å². The molecule has 2 rings (SSSR count). The van der Waals surface area contributed by atoms with Crippen molar-refractivity contribution in [2.24, 2.45) is 0 Å². The highest BCUT2D eigenvalue weighted by molar-refractivity contribution is 5.80. The van der Waals surface area contributed by atoms with Gasteiger partial charge < -0.3 is 19.7 Å². The summed E-state index contributed by atoms with van der Waals surface area (Å²) in [6.45, 7) is 2.60. The molecule has 3 atom stereocenters. The Morgan fingerprint density at radius 3 is 2.83 bits per heavy atom. The quantitative estimate of drug-likeness (QED) is 0.871. The maximum absolute atomic E-state index is 13.7. The molecule has 1 N–H and O–H groups in total. The van der Waals surface area contributed by atoms with Crippen molar-refractivity contribution in [3.8, 4) is 5.75 Å². The van der Waals surface area contributed by atoms with Crippen molar-refractivity contribution in [2.75, 3.05) is 27.7 Å². The van der Waals surface area contributed by atoms with Crippen LogP contribution >= 0.6 is 0 Å². The number of hydrogen-bond acceptors (Lipinski definition) is 4. The van der Waals surface area contributed by atoms with E-state index in [1.54, 1.807) is 25.1 Å². The molecule has 1 aliphatic rings. The van der Waals surface area contributed by atoms with E-state index in [0.29, 0.717) is 6.54 Å². The summed E-state index contributed by atoms with van der Waals surface area (Å²) in [4.78, 5) is 13.4. The van der Waals surface area contributed by atoms with Crippen LogP contribution < -0.4 is 10.1 Å². The van der Waals surface area contributed by atoms with E-state index in [9.17, 15) is 9.18 Å². The Labute approximate surface area is 136 Å². The molecular formula is C17H25FN2O3. The number of benzene rings is 1. The third-order valence-electron chi connectivity index (χ3n) is 4.15. The van der Waals surface area contributed by atoms with Crippen molar-refractivity contribution in [2.45, 2.75) is 38.0 Å². The Morgan fingerprint density at radius 2 is 2.22 bits per heavy atom. The number of halogens is 1. The van der Waals surface area contributed by atoms with E-state index in [4.69, 9.17) is 9.47 Å². The number of amides is 1. The molecule has 0 unspecified atom stereocenters. The first-order chi connectivity index (χ1) is 10.9. The van der Waals surface area contributed by atoms with Gasteiger partial charge in [0.2, 0.25) is 0 Å². The van der Waals surface area contributed by atoms with Gasteiger partial charge in [0.05, 0.1) is 13.2 Å². The van der Waals surface area contributed by atoms with Gasteiger partial charge in [-0.05, 0) is 37.5 Å². The fraction of sp³-hybridized carbons (Fsp3) is 0.588. The number of carbonyl (C=O) groups is 1. The molecule has 0 aromatic heterocycles. The zero-order valence-corrected chi connectivity index (χ0v) is 14.1. The second-order valence-electron chi connectivity index (χ2n) is 6.08. The molecule has 1 heterocycles. The van der Waals surface area contributed by atoms with E-state index in [1.807, 2.05) is 13.0 Å². The van der Waals surface area contributed by atoms with Crippen LogP contribution in [0.4, 0.5) is 4.39 Å². The zero-order chi connectivity index (χ0) is 17.0. The lowest BCUT2D eigenvalue weighted by atomic mass is 10.1. The number of hydrogen-bond donors (Lipinski definition) is 1. The fourth-order valence-electron chi connectivity index (χ4n) is 2.70. The number of carbonyl (C=O) groups excluding carboxylic acids is 1. The standard InChI is InChI=1S/C17H25FN2O3/c1-11(12-5-7-15(22-4)14(18)9-12)19-10-13-6-8-16(23-13)17(21)20(2)3/h5,7,9,11,13,16,19H,6,8,10H2,1-4H3/t11-,13+,16-/m0/s1. The third-order valence-corrected chi connectivity index (χ3v) is 4.15. The summed E-state index contributed by atoms with van der Waals surface area (Å²) in [5.41, 5.74) is 0.849. The van der Waals surface area contributed by atoms with Crippen LogP contribution in [0.15, 0.2) is 18.2 Å². The molecule has 1 fully saturated rings. The van der Waals surface area contributed by atoms with E-state index in [1.165, 1.54) is 13.2 Å². The monoisotopic (exact) mass is 324 g/mol. The summed E-state index contributed by atoms with van der Waals surface area (Å²) < 4.78 is 24.5. The molecule has 0 saturated carbocycles. The summed E-state index contributed by atoms with van der Waals surface area (Å²) in [6, 6.07) is 4.93. The number of likely N-dealkylation sites (N-methyl/N-ethyl adjacent to an activating group) is 1. The molecular weight excluding hydrogens is 299 g/mol. The molecule has 1 aliphatic heterocycles. The van der Waals surface area contributed by atoms with E-state index in [2.05, 4.69) is 5.32 Å². The van der Waals surface area contributed by atoms with Gasteiger partial charge in [0, 0.05) is 26.7 Å². The Bertz CT molecular complexity index is 551. The van der Waals surface area contributed by atoms with Gasteiger partial charge in [-0.1, -0.05) is 6.07 Å². The van der Waals surface area contributed by atoms with Crippen molar-refractivity contribution in [3.05, 3.63) is 29.6 Å². The molecule has 5 nitrogen and oxygen atoms in total. The molecule has 0 bridgehead atoms. The van der Waals surface area contributed by atoms with Crippen LogP contribution in [-0.4, -0.2) is 50.8 Å². The van der Waals surface area contributed by atoms with Crippen molar-refractivity contribution >= 4 is 5.91 Å². The first kappa shape index (κ1) is 17.7. The van der Waals surface area contributed by atoms with Gasteiger partial charge in [0.25, 0.3) is 5.91 Å². The summed E-state index contributed by atoms with van der Waals surface area (Å²) in [5.74, 6) is -0.115. The van der Waals surface area contributed by atoms with Crippen LogP contribution in [0.5, 0.6) is 5.75 Å². The smallest absolute Gasteiger partial charge is 0.251 e. The highest BCUT2D eigenvalue weighted by Crippen LogP contribution is 2.23. The SMILES string of the molecule is COc1ccc([C@H](C)NC[C@H]2CC[C@@H](C(=O)N(C)C)O2)cc1F. The van der Waals surface area contributed by atoms with Gasteiger partial charge >= 0.3 is 0 Å². The lowest BCUT2D eigenvalue weighted by Gasteiger charge is -2.20. The van der Waals surface area contributed by atoms with Crippen LogP contribution in [0.3, 0.4) is 0 Å². The molecule has 0 aliphatic carbocycles. The second kappa shape index (κ2) is 7.75. The third kappa shape index (κ3) is 4.42. The Balaban J connectivity index is 1.84. The predicted molar refractivity (Wildman–Crippen MR) is 86.0 cm³/mol. The largest absolute Gasteiger partial charge is 0.494 e. The van der Waals surface area contributed by atoms with Crippen LogP contribution in [-0.2, 0) is 9.53 Å². The molecule has 0 radical (unpaired) electrons. The maximum Gasteiger partial charge on any atom is 0.251 e. The van der Waals surface area contributed by atoms with Gasteiger partial charge in [-0.15, -0.1) is 0 Å². The minimum atomic E-state index is -0.368. The number of ether oxygens (including phenoxy) is 2. The van der Waals surface area contributed by atoms with Crippen molar-refractivity contribution in [1.29, 1.82) is 0 Å². The van der Waals surface area contributed by atoms with Gasteiger partial charge in [0.1, 0.15) is 6.10 Å². The molecule has 0 spiro atoms. The van der Waals surface area contributed by atoms with E-state index in [0.717, 1.165) is 18.4 Å². The first-order valence-electron chi connectivity index (χ1n) is 7.85. The van der Waals surface area contributed by atoms with Crippen LogP contribution in [0.1, 0.15) is 31.4 Å². The molecule has 1 aromatic rings. The summed E-state index contributed by atoms with van der Waals surface area (Å²) in [6.07, 6.45) is 1.26. The Morgan fingerprint density at radius 1 is 1.48 bits per heavy atom. The van der Waals surface area contributed by atoms with Crippen LogP contribution in [0, 0.1) is 5.82 Å². The lowest BCUT2D eigenvalue weighted by molar-refractivity contribution is -0.140. The first-order valence-corrected chi connectivity index (χ1v) is 7.85. The van der Waals surface area contributed by atoms with Gasteiger partial charge in [0.15, 0.2) is 11.6 Å². The second-order valence-corrected chi connectivity index (χ2v) is 6.08. The molecule has 6 heteroatoms. The average Bonchev–Trinajstić information content (AvgIpc) is 3.00. The molecule has 23 heavy (non-hydrogen) atoms. The van der Waals surface area contributed by atoms with Crippen molar-refractivity contribution < 1.29 is 18.7 Å². The lowest BCUT2D eigenvalue weighted by Crippen LogP contribution is -2.35. The average molecular weight is 324 g/mol. The minimum Gasteiger partial charge on any atom is -0.494 e. The Hall–Kier alpha value is -1.66. The highest BCUT2D eigenvalue weighted by Gasteiger charge is 2.31. The molecule has 128 valence electrons. The van der Waals surface area contributed by atoms with Crippen LogP contribution in [0.2, 0.25) is 0 Å². The van der Waals surface area contributed by atoms with Gasteiger partial charge in [-0.3, -0.25) is 4.79 Å². The summed E-state index contributed by atoms with van der Waals surface area (Å²) in [7, 11) is 4.91. The normalized spacial score (nSPS) is 22.0. The molecule has 1 amide bonds.